The first-order valence-electron chi connectivity index (χ1n) is 6.93. The maximum absolute atomic E-state index is 12.5. The lowest BCUT2D eigenvalue weighted by atomic mass is 9.99. The second kappa shape index (κ2) is 6.76. The normalized spacial score (nSPS) is 13.1. The fourth-order valence-corrected chi connectivity index (χ4v) is 2.26. The molecule has 0 fully saturated rings. The maximum atomic E-state index is 12.5. The van der Waals surface area contributed by atoms with Crippen molar-refractivity contribution in [2.45, 2.75) is 31.5 Å². The van der Waals surface area contributed by atoms with Gasteiger partial charge in [0.25, 0.3) is 0 Å². The van der Waals surface area contributed by atoms with Crippen molar-refractivity contribution in [2.75, 3.05) is 0 Å². The van der Waals surface area contributed by atoms with Crippen molar-refractivity contribution in [3.63, 3.8) is 0 Å². The van der Waals surface area contributed by atoms with Crippen LogP contribution in [-0.4, -0.2) is 0 Å². The molecular weight excluding hydrogens is 275 g/mol. The van der Waals surface area contributed by atoms with Gasteiger partial charge in [-0.2, -0.15) is 13.2 Å². The first-order chi connectivity index (χ1) is 9.97. The second-order valence-corrected chi connectivity index (χ2v) is 5.10. The van der Waals surface area contributed by atoms with Gasteiger partial charge in [0.1, 0.15) is 0 Å². The predicted molar refractivity (Wildman–Crippen MR) is 77.8 cm³/mol. The summed E-state index contributed by atoms with van der Waals surface area (Å²) in [6, 6.07) is 15.0. The molecule has 0 saturated carbocycles. The third-order valence-electron chi connectivity index (χ3n) is 3.49. The summed E-state index contributed by atoms with van der Waals surface area (Å²) in [5.74, 6) is 0. The molecule has 0 aliphatic carbocycles. The molecule has 0 aliphatic rings. The SMILES string of the molecule is NC(CCCc1ccccc1)c1ccc(C(F)(F)F)cc1. The zero-order valence-corrected chi connectivity index (χ0v) is 11.6. The number of alkyl halides is 3. The average molecular weight is 293 g/mol. The van der Waals surface area contributed by atoms with Gasteiger partial charge in [-0.3, -0.25) is 0 Å². The van der Waals surface area contributed by atoms with Crippen molar-refractivity contribution in [3.05, 3.63) is 71.3 Å². The minimum absolute atomic E-state index is 0.226. The van der Waals surface area contributed by atoms with Gasteiger partial charge in [-0.25, -0.2) is 0 Å². The topological polar surface area (TPSA) is 26.0 Å². The third kappa shape index (κ3) is 4.60. The van der Waals surface area contributed by atoms with Crippen molar-refractivity contribution >= 4 is 0 Å². The van der Waals surface area contributed by atoms with E-state index in [4.69, 9.17) is 5.73 Å². The molecule has 1 atom stereocenters. The predicted octanol–water partition coefficient (Wildman–Crippen LogP) is 4.73. The summed E-state index contributed by atoms with van der Waals surface area (Å²) in [6.07, 6.45) is -1.71. The molecule has 2 aromatic carbocycles. The highest BCUT2D eigenvalue weighted by Gasteiger charge is 2.30. The summed E-state index contributed by atoms with van der Waals surface area (Å²) in [6.45, 7) is 0. The number of rotatable bonds is 5. The average Bonchev–Trinajstić information content (AvgIpc) is 2.47. The third-order valence-corrected chi connectivity index (χ3v) is 3.49. The molecule has 0 heterocycles. The molecule has 0 saturated heterocycles. The second-order valence-electron chi connectivity index (χ2n) is 5.10. The molecule has 2 N–H and O–H groups in total. The van der Waals surface area contributed by atoms with Crippen molar-refractivity contribution in [2.24, 2.45) is 5.73 Å². The number of benzene rings is 2. The number of hydrogen-bond acceptors (Lipinski definition) is 1. The van der Waals surface area contributed by atoms with Crippen LogP contribution in [-0.2, 0) is 12.6 Å². The molecule has 0 spiro atoms. The van der Waals surface area contributed by atoms with Gasteiger partial charge in [-0.05, 0) is 42.5 Å². The van der Waals surface area contributed by atoms with E-state index in [0.717, 1.165) is 37.0 Å². The van der Waals surface area contributed by atoms with Crippen LogP contribution in [0.15, 0.2) is 54.6 Å². The molecule has 0 aliphatic heterocycles. The van der Waals surface area contributed by atoms with Crippen LogP contribution in [0.4, 0.5) is 13.2 Å². The monoisotopic (exact) mass is 293 g/mol. The van der Waals surface area contributed by atoms with E-state index in [1.807, 2.05) is 18.2 Å². The van der Waals surface area contributed by atoms with Gasteiger partial charge < -0.3 is 5.73 Å². The van der Waals surface area contributed by atoms with Crippen LogP contribution in [0, 0.1) is 0 Å². The molecule has 1 nitrogen and oxygen atoms in total. The molecule has 0 radical (unpaired) electrons. The van der Waals surface area contributed by atoms with Crippen LogP contribution in [0.3, 0.4) is 0 Å². The van der Waals surface area contributed by atoms with E-state index in [1.54, 1.807) is 0 Å². The molecule has 0 bridgehead atoms. The summed E-state index contributed by atoms with van der Waals surface area (Å²) in [4.78, 5) is 0. The zero-order valence-electron chi connectivity index (χ0n) is 11.6. The van der Waals surface area contributed by atoms with E-state index in [2.05, 4.69) is 12.1 Å². The highest BCUT2D eigenvalue weighted by atomic mass is 19.4. The Bertz CT molecular complexity index is 546. The first kappa shape index (κ1) is 15.6. The molecule has 2 rings (SSSR count). The Hall–Kier alpha value is -1.81. The van der Waals surface area contributed by atoms with E-state index >= 15 is 0 Å². The van der Waals surface area contributed by atoms with Gasteiger partial charge in [-0.1, -0.05) is 42.5 Å². The van der Waals surface area contributed by atoms with Gasteiger partial charge in [0.2, 0.25) is 0 Å². The van der Waals surface area contributed by atoms with Crippen LogP contribution < -0.4 is 5.73 Å². The van der Waals surface area contributed by atoms with Crippen molar-refractivity contribution in [1.29, 1.82) is 0 Å². The Balaban J connectivity index is 1.87. The van der Waals surface area contributed by atoms with Gasteiger partial charge in [0.05, 0.1) is 5.56 Å². The van der Waals surface area contributed by atoms with Crippen LogP contribution >= 0.6 is 0 Å². The lowest BCUT2D eigenvalue weighted by molar-refractivity contribution is -0.137. The van der Waals surface area contributed by atoms with Gasteiger partial charge >= 0.3 is 6.18 Å². The van der Waals surface area contributed by atoms with E-state index in [9.17, 15) is 13.2 Å². The Morgan fingerprint density at radius 3 is 2.10 bits per heavy atom. The van der Waals surface area contributed by atoms with Crippen molar-refractivity contribution < 1.29 is 13.2 Å². The standard InChI is InChI=1S/C17H18F3N/c18-17(19,20)15-11-9-14(10-12-15)16(21)8-4-7-13-5-2-1-3-6-13/h1-3,5-6,9-12,16H,4,7-8,21H2. The van der Waals surface area contributed by atoms with Gasteiger partial charge in [-0.15, -0.1) is 0 Å². The van der Waals surface area contributed by atoms with Crippen molar-refractivity contribution in [3.8, 4) is 0 Å². The Morgan fingerprint density at radius 1 is 0.905 bits per heavy atom. The summed E-state index contributed by atoms with van der Waals surface area (Å²) in [7, 11) is 0. The summed E-state index contributed by atoms with van der Waals surface area (Å²) in [5.41, 5.74) is 7.39. The Labute approximate surface area is 122 Å². The fourth-order valence-electron chi connectivity index (χ4n) is 2.26. The molecule has 0 amide bonds. The highest BCUT2D eigenvalue weighted by molar-refractivity contribution is 5.26. The number of aryl methyl sites for hydroxylation is 1. The molecule has 1 unspecified atom stereocenters. The molecule has 2 aromatic rings. The minimum Gasteiger partial charge on any atom is -0.324 e. The Morgan fingerprint density at radius 2 is 1.52 bits per heavy atom. The van der Waals surface area contributed by atoms with Crippen molar-refractivity contribution in [1.82, 2.24) is 0 Å². The number of hydrogen-bond donors (Lipinski definition) is 1. The smallest absolute Gasteiger partial charge is 0.324 e. The van der Waals surface area contributed by atoms with Crippen LogP contribution in [0.25, 0.3) is 0 Å². The minimum atomic E-state index is -4.30. The lowest BCUT2D eigenvalue weighted by Crippen LogP contribution is -2.11. The van der Waals surface area contributed by atoms with E-state index in [0.29, 0.717) is 0 Å². The molecule has 21 heavy (non-hydrogen) atoms. The molecule has 112 valence electrons. The van der Waals surface area contributed by atoms with Crippen LogP contribution in [0.5, 0.6) is 0 Å². The largest absolute Gasteiger partial charge is 0.416 e. The van der Waals surface area contributed by atoms with Crippen LogP contribution in [0.2, 0.25) is 0 Å². The molecular formula is C17H18F3N. The van der Waals surface area contributed by atoms with Crippen LogP contribution in [0.1, 0.15) is 35.6 Å². The highest BCUT2D eigenvalue weighted by Crippen LogP contribution is 2.30. The Kier molecular flexibility index (Phi) is 5.02. The molecule has 4 heteroatoms. The summed E-state index contributed by atoms with van der Waals surface area (Å²) >= 11 is 0. The number of halogens is 3. The maximum Gasteiger partial charge on any atom is 0.416 e. The summed E-state index contributed by atoms with van der Waals surface area (Å²) in [5, 5.41) is 0. The first-order valence-corrected chi connectivity index (χ1v) is 6.93. The zero-order chi connectivity index (χ0) is 15.3. The fraction of sp³-hybridized carbons (Fsp3) is 0.294. The van der Waals surface area contributed by atoms with Gasteiger partial charge in [0.15, 0.2) is 0 Å². The summed E-state index contributed by atoms with van der Waals surface area (Å²) < 4.78 is 37.4. The van der Waals surface area contributed by atoms with E-state index in [-0.39, 0.29) is 6.04 Å². The lowest BCUT2D eigenvalue weighted by Gasteiger charge is -2.13. The molecule has 0 aromatic heterocycles. The number of nitrogens with two attached hydrogens (primary N) is 1. The quantitative estimate of drug-likeness (QED) is 0.847. The van der Waals surface area contributed by atoms with Gasteiger partial charge in [0, 0.05) is 6.04 Å². The van der Waals surface area contributed by atoms with E-state index < -0.39 is 11.7 Å². The van der Waals surface area contributed by atoms with E-state index in [1.165, 1.54) is 17.7 Å².